The van der Waals surface area contributed by atoms with E-state index in [1.165, 1.54) is 23.4 Å². The number of pyridine rings is 1. The second-order valence-corrected chi connectivity index (χ2v) is 8.86. The molecule has 0 radical (unpaired) electrons. The number of nitrogens with one attached hydrogen (secondary N) is 2. The predicted octanol–water partition coefficient (Wildman–Crippen LogP) is 3.57. The van der Waals surface area contributed by atoms with Crippen LogP contribution in [0.15, 0.2) is 65.8 Å². The third kappa shape index (κ3) is 3.82. The average Bonchev–Trinajstić information content (AvgIpc) is 3.21. The highest BCUT2D eigenvalue weighted by molar-refractivity contribution is 7.93. The molecular formula is C23H22N4O4S. The molecule has 2 aromatic heterocycles. The maximum Gasteiger partial charge on any atom is 0.295 e. The third-order valence-corrected chi connectivity index (χ3v) is 6.72. The van der Waals surface area contributed by atoms with E-state index >= 15 is 0 Å². The van der Waals surface area contributed by atoms with Gasteiger partial charge in [0.15, 0.2) is 0 Å². The van der Waals surface area contributed by atoms with Crippen molar-refractivity contribution in [3.8, 4) is 0 Å². The molecule has 9 heteroatoms. The molecule has 0 atom stereocenters. The van der Waals surface area contributed by atoms with Crippen molar-refractivity contribution in [2.75, 3.05) is 17.8 Å². The molecule has 0 spiro atoms. The SMILES string of the molecule is CCN(CC)C(=O)C(=O)c1c[nH]c2ccc(NS(=O)(=O)c3cccc4cccnc34)cc12. The van der Waals surface area contributed by atoms with Crippen LogP contribution < -0.4 is 4.72 Å². The number of Topliss-reactive ketones (excluding diaryl/α,β-unsaturated/α-hetero) is 1. The number of para-hydroxylation sites is 1. The minimum absolute atomic E-state index is 0.0535. The van der Waals surface area contributed by atoms with Crippen LogP contribution in [0.5, 0.6) is 0 Å². The zero-order valence-electron chi connectivity index (χ0n) is 17.6. The van der Waals surface area contributed by atoms with Gasteiger partial charge >= 0.3 is 0 Å². The van der Waals surface area contributed by atoms with E-state index in [-0.39, 0.29) is 16.1 Å². The van der Waals surface area contributed by atoms with Crippen molar-refractivity contribution in [3.05, 3.63) is 66.5 Å². The Hall–Kier alpha value is -3.72. The summed E-state index contributed by atoms with van der Waals surface area (Å²) in [4.78, 5) is 34.0. The maximum atomic E-state index is 13.1. The molecule has 0 unspecified atom stereocenters. The molecule has 164 valence electrons. The molecule has 4 aromatic rings. The van der Waals surface area contributed by atoms with Crippen LogP contribution in [-0.4, -0.2) is 48.1 Å². The van der Waals surface area contributed by atoms with Crippen LogP contribution in [0, 0.1) is 0 Å². The normalized spacial score (nSPS) is 11.6. The van der Waals surface area contributed by atoms with Crippen LogP contribution in [0.1, 0.15) is 24.2 Å². The fraction of sp³-hybridized carbons (Fsp3) is 0.174. The van der Waals surface area contributed by atoms with Gasteiger partial charge in [0.1, 0.15) is 4.90 Å². The van der Waals surface area contributed by atoms with Crippen LogP contribution in [0.2, 0.25) is 0 Å². The number of H-pyrrole nitrogens is 1. The van der Waals surface area contributed by atoms with Gasteiger partial charge in [0, 0.05) is 47.5 Å². The molecule has 0 fully saturated rings. The van der Waals surface area contributed by atoms with Gasteiger partial charge in [-0.15, -0.1) is 0 Å². The van der Waals surface area contributed by atoms with E-state index < -0.39 is 21.7 Å². The number of nitrogens with zero attached hydrogens (tertiary/aromatic N) is 2. The first-order valence-electron chi connectivity index (χ1n) is 10.2. The molecule has 2 N–H and O–H groups in total. The summed E-state index contributed by atoms with van der Waals surface area (Å²) < 4.78 is 28.8. The van der Waals surface area contributed by atoms with Crippen LogP contribution >= 0.6 is 0 Å². The Balaban J connectivity index is 1.71. The van der Waals surface area contributed by atoms with E-state index in [4.69, 9.17) is 0 Å². The summed E-state index contributed by atoms with van der Waals surface area (Å²) in [5, 5.41) is 1.17. The molecule has 0 aliphatic rings. The van der Waals surface area contributed by atoms with Gasteiger partial charge in [0.25, 0.3) is 21.7 Å². The van der Waals surface area contributed by atoms with Gasteiger partial charge in [0.2, 0.25) is 0 Å². The number of hydrogen-bond acceptors (Lipinski definition) is 5. The van der Waals surface area contributed by atoms with E-state index in [0.29, 0.717) is 34.9 Å². The monoisotopic (exact) mass is 450 g/mol. The number of amides is 1. The van der Waals surface area contributed by atoms with Gasteiger partial charge in [0.05, 0.1) is 11.1 Å². The Bertz CT molecular complexity index is 1430. The van der Waals surface area contributed by atoms with E-state index in [1.807, 2.05) is 0 Å². The van der Waals surface area contributed by atoms with Crippen molar-refractivity contribution < 1.29 is 18.0 Å². The Morgan fingerprint density at radius 1 is 1.06 bits per heavy atom. The predicted molar refractivity (Wildman–Crippen MR) is 123 cm³/mol. The highest BCUT2D eigenvalue weighted by Gasteiger charge is 2.24. The molecule has 0 saturated heterocycles. The second kappa shape index (κ2) is 8.43. The molecule has 2 heterocycles. The number of aromatic nitrogens is 2. The van der Waals surface area contributed by atoms with Crippen molar-refractivity contribution in [2.24, 2.45) is 0 Å². The quantitative estimate of drug-likeness (QED) is 0.330. The molecule has 1 amide bonds. The van der Waals surface area contributed by atoms with Crippen molar-refractivity contribution in [3.63, 3.8) is 0 Å². The number of rotatable bonds is 7. The zero-order chi connectivity index (χ0) is 22.9. The average molecular weight is 451 g/mol. The van der Waals surface area contributed by atoms with Crippen LogP contribution in [0.4, 0.5) is 5.69 Å². The number of fused-ring (bicyclic) bond motifs is 2. The van der Waals surface area contributed by atoms with Crippen molar-refractivity contribution in [2.45, 2.75) is 18.7 Å². The van der Waals surface area contributed by atoms with Crippen LogP contribution in [0.3, 0.4) is 0 Å². The summed E-state index contributed by atoms with van der Waals surface area (Å²) in [6, 6.07) is 13.3. The fourth-order valence-electron chi connectivity index (χ4n) is 3.64. The summed E-state index contributed by atoms with van der Waals surface area (Å²) in [5.74, 6) is -1.23. The fourth-order valence-corrected chi connectivity index (χ4v) is 4.87. The number of likely N-dealkylation sites (N-methyl/N-ethyl adjacent to an activating group) is 1. The van der Waals surface area contributed by atoms with Gasteiger partial charge in [-0.25, -0.2) is 8.42 Å². The summed E-state index contributed by atoms with van der Waals surface area (Å²) in [7, 11) is -3.95. The Kier molecular flexibility index (Phi) is 5.67. The molecule has 0 bridgehead atoms. The van der Waals surface area contributed by atoms with E-state index in [2.05, 4.69) is 14.7 Å². The van der Waals surface area contributed by atoms with Gasteiger partial charge in [-0.1, -0.05) is 18.2 Å². The van der Waals surface area contributed by atoms with Gasteiger partial charge in [-0.2, -0.15) is 0 Å². The van der Waals surface area contributed by atoms with E-state index in [9.17, 15) is 18.0 Å². The highest BCUT2D eigenvalue weighted by atomic mass is 32.2. The number of anilines is 1. The Labute approximate surface area is 185 Å². The zero-order valence-corrected chi connectivity index (χ0v) is 18.4. The van der Waals surface area contributed by atoms with Gasteiger partial charge < -0.3 is 9.88 Å². The van der Waals surface area contributed by atoms with E-state index in [0.717, 1.165) is 0 Å². The molecule has 32 heavy (non-hydrogen) atoms. The number of hydrogen-bond donors (Lipinski definition) is 2. The van der Waals surface area contributed by atoms with Crippen molar-refractivity contribution >= 4 is 49.2 Å². The van der Waals surface area contributed by atoms with Crippen molar-refractivity contribution in [1.29, 1.82) is 0 Å². The lowest BCUT2D eigenvalue weighted by Gasteiger charge is -2.17. The topological polar surface area (TPSA) is 112 Å². The lowest BCUT2D eigenvalue weighted by atomic mass is 10.1. The first-order chi connectivity index (χ1) is 15.4. The third-order valence-electron chi connectivity index (χ3n) is 5.31. The van der Waals surface area contributed by atoms with E-state index in [1.54, 1.807) is 56.3 Å². The molecular weight excluding hydrogens is 428 g/mol. The molecule has 0 aliphatic heterocycles. The largest absolute Gasteiger partial charge is 0.360 e. The molecule has 2 aromatic carbocycles. The number of carbonyl (C=O) groups excluding carboxylic acids is 2. The minimum Gasteiger partial charge on any atom is -0.360 e. The lowest BCUT2D eigenvalue weighted by Crippen LogP contribution is -2.36. The summed E-state index contributed by atoms with van der Waals surface area (Å²) in [5.41, 5.74) is 1.46. The first kappa shape index (κ1) is 21.5. The standard InChI is InChI=1S/C23H22N4O4S/c1-3-27(4-2)23(29)22(28)18-14-25-19-11-10-16(13-17(18)19)26-32(30,31)20-9-5-7-15-8-6-12-24-21(15)20/h5-14,25-26H,3-4H2,1-2H3. The molecule has 4 rings (SSSR count). The summed E-state index contributed by atoms with van der Waals surface area (Å²) >= 11 is 0. The van der Waals surface area contributed by atoms with Gasteiger partial charge in [-0.05, 0) is 44.2 Å². The molecule has 0 aliphatic carbocycles. The first-order valence-corrected chi connectivity index (χ1v) is 11.6. The molecule has 8 nitrogen and oxygen atoms in total. The summed E-state index contributed by atoms with van der Waals surface area (Å²) in [6.45, 7) is 4.46. The maximum absolute atomic E-state index is 13.1. The number of benzene rings is 2. The van der Waals surface area contributed by atoms with Crippen LogP contribution in [0.25, 0.3) is 21.8 Å². The Morgan fingerprint density at radius 3 is 2.56 bits per heavy atom. The Morgan fingerprint density at radius 2 is 1.81 bits per heavy atom. The highest BCUT2D eigenvalue weighted by Crippen LogP contribution is 2.27. The smallest absolute Gasteiger partial charge is 0.295 e. The number of ketones is 1. The number of aromatic amines is 1. The number of sulfonamides is 1. The second-order valence-electron chi connectivity index (χ2n) is 7.21. The summed E-state index contributed by atoms with van der Waals surface area (Å²) in [6.07, 6.45) is 3.01. The van der Waals surface area contributed by atoms with Crippen molar-refractivity contribution in [1.82, 2.24) is 14.9 Å². The molecule has 0 saturated carbocycles. The lowest BCUT2D eigenvalue weighted by molar-refractivity contribution is -0.126. The number of carbonyl (C=O) groups is 2. The van der Waals surface area contributed by atoms with Gasteiger partial charge in [-0.3, -0.25) is 19.3 Å². The van der Waals surface area contributed by atoms with Crippen LogP contribution in [-0.2, 0) is 14.8 Å². The minimum atomic E-state index is -3.95.